The number of carbonyl (C=O) groups is 2. The van der Waals surface area contributed by atoms with Gasteiger partial charge in [-0.2, -0.15) is 0 Å². The van der Waals surface area contributed by atoms with E-state index >= 15 is 0 Å². The summed E-state index contributed by atoms with van der Waals surface area (Å²) in [6.07, 6.45) is 3.49. The number of rotatable bonds is 8. The smallest absolute Gasteiger partial charge is 0.318 e. The van der Waals surface area contributed by atoms with Gasteiger partial charge < -0.3 is 29.4 Å². The molecule has 0 bridgehead atoms. The lowest BCUT2D eigenvalue weighted by atomic mass is 10.1. The van der Waals surface area contributed by atoms with Gasteiger partial charge in [0.05, 0.1) is 12.3 Å². The number of hydrogen-bond acceptors (Lipinski definition) is 7. The Morgan fingerprint density at radius 3 is 2.71 bits per heavy atom. The van der Waals surface area contributed by atoms with Crippen LogP contribution < -0.4 is 14.8 Å². The molecule has 1 N–H and O–H groups in total. The van der Waals surface area contributed by atoms with E-state index in [9.17, 15) is 9.59 Å². The molecule has 2 saturated heterocycles. The van der Waals surface area contributed by atoms with Gasteiger partial charge in [0.1, 0.15) is 13.2 Å². The maximum absolute atomic E-state index is 13.4. The van der Waals surface area contributed by atoms with Crippen molar-refractivity contribution in [1.82, 2.24) is 20.0 Å². The van der Waals surface area contributed by atoms with Gasteiger partial charge in [-0.3, -0.25) is 9.69 Å². The first-order valence-corrected chi connectivity index (χ1v) is 12.1. The number of nitrogens with one attached hydrogen (secondary N) is 1. The number of urea groups is 1. The summed E-state index contributed by atoms with van der Waals surface area (Å²) in [6.45, 7) is 6.91. The van der Waals surface area contributed by atoms with Crippen molar-refractivity contribution in [3.05, 3.63) is 23.8 Å². The molecule has 1 aromatic carbocycles. The molecule has 2 fully saturated rings. The summed E-state index contributed by atoms with van der Waals surface area (Å²) in [7, 11) is 1.48. The molecule has 0 saturated carbocycles. The van der Waals surface area contributed by atoms with Crippen molar-refractivity contribution in [2.24, 2.45) is 5.16 Å². The molecule has 0 aliphatic carbocycles. The van der Waals surface area contributed by atoms with Crippen molar-refractivity contribution in [3.8, 4) is 11.5 Å². The minimum absolute atomic E-state index is 0.0206. The van der Waals surface area contributed by atoms with Crippen LogP contribution in [0.1, 0.15) is 38.2 Å². The standard InChI is InChI=1S/C24H35N5O5/c1-3-4-5-8-25-24(31)29-16-19(26-32-2)14-20(29)23(30)28-11-9-27(10-12-28)15-18-6-7-21-22(13-18)34-17-33-21/h6-7,13,20H,3-5,8-12,14-17H2,1-2H3,(H,25,31)/b26-19+/t20-/m0/s1. The lowest BCUT2D eigenvalue weighted by Crippen LogP contribution is -2.55. The normalized spacial score (nSPS) is 21.2. The molecule has 0 unspecified atom stereocenters. The molecular weight excluding hydrogens is 438 g/mol. The van der Waals surface area contributed by atoms with Crippen molar-refractivity contribution in [2.75, 3.05) is 53.2 Å². The van der Waals surface area contributed by atoms with E-state index in [4.69, 9.17) is 14.3 Å². The molecule has 186 valence electrons. The van der Waals surface area contributed by atoms with Crippen molar-refractivity contribution in [1.29, 1.82) is 0 Å². The van der Waals surface area contributed by atoms with Gasteiger partial charge in [0, 0.05) is 45.7 Å². The summed E-state index contributed by atoms with van der Waals surface area (Å²) >= 11 is 0. The first kappa shape index (κ1) is 24.1. The Balaban J connectivity index is 1.31. The predicted molar refractivity (Wildman–Crippen MR) is 127 cm³/mol. The first-order chi connectivity index (χ1) is 16.6. The molecule has 4 rings (SSSR count). The molecule has 1 aromatic rings. The van der Waals surface area contributed by atoms with Crippen molar-refractivity contribution in [3.63, 3.8) is 0 Å². The number of piperazine rings is 1. The van der Waals surface area contributed by atoms with Crippen LogP contribution in [0.3, 0.4) is 0 Å². The molecule has 3 aliphatic heterocycles. The Labute approximate surface area is 200 Å². The Bertz CT molecular complexity index is 900. The average molecular weight is 474 g/mol. The second-order valence-electron chi connectivity index (χ2n) is 8.92. The van der Waals surface area contributed by atoms with Crippen LogP contribution in [0.5, 0.6) is 11.5 Å². The number of unbranched alkanes of at least 4 members (excludes halogenated alkanes) is 2. The number of fused-ring (bicyclic) bond motifs is 1. The highest BCUT2D eigenvalue weighted by molar-refractivity contribution is 6.00. The second kappa shape index (κ2) is 11.4. The van der Waals surface area contributed by atoms with E-state index in [0.29, 0.717) is 38.3 Å². The monoisotopic (exact) mass is 473 g/mol. The van der Waals surface area contributed by atoms with Crippen LogP contribution in [0.4, 0.5) is 4.79 Å². The van der Waals surface area contributed by atoms with Crippen LogP contribution in [0.15, 0.2) is 23.4 Å². The quantitative estimate of drug-likeness (QED) is 0.459. The van der Waals surface area contributed by atoms with E-state index in [-0.39, 0.29) is 18.7 Å². The first-order valence-electron chi connectivity index (χ1n) is 12.1. The van der Waals surface area contributed by atoms with Crippen molar-refractivity contribution >= 4 is 17.6 Å². The number of hydrogen-bond donors (Lipinski definition) is 1. The molecule has 3 aliphatic rings. The Kier molecular flexibility index (Phi) is 8.10. The minimum atomic E-state index is -0.541. The third-order valence-electron chi connectivity index (χ3n) is 6.51. The summed E-state index contributed by atoms with van der Waals surface area (Å²) in [5.41, 5.74) is 1.87. The number of carbonyl (C=O) groups excluding carboxylic acids is 2. The fraction of sp³-hybridized carbons (Fsp3) is 0.625. The number of ether oxygens (including phenoxy) is 2. The van der Waals surface area contributed by atoms with Gasteiger partial charge in [0.25, 0.3) is 0 Å². The Hall–Kier alpha value is -3.01. The average Bonchev–Trinajstić information content (AvgIpc) is 3.49. The SMILES string of the molecule is CCCCCNC(=O)N1C/C(=N/OC)C[C@H]1C(=O)N1CCN(Cc2ccc3c(c2)OCO3)CC1. The van der Waals surface area contributed by atoms with Gasteiger partial charge in [-0.25, -0.2) is 4.79 Å². The lowest BCUT2D eigenvalue weighted by Gasteiger charge is -2.37. The molecule has 10 nitrogen and oxygen atoms in total. The lowest BCUT2D eigenvalue weighted by molar-refractivity contribution is -0.137. The molecule has 0 aromatic heterocycles. The molecule has 0 spiro atoms. The highest BCUT2D eigenvalue weighted by atomic mass is 16.7. The van der Waals surface area contributed by atoms with E-state index in [1.165, 1.54) is 7.11 Å². The minimum Gasteiger partial charge on any atom is -0.454 e. The zero-order valence-corrected chi connectivity index (χ0v) is 20.1. The van der Waals surface area contributed by atoms with E-state index in [0.717, 1.165) is 56.0 Å². The van der Waals surface area contributed by atoms with Gasteiger partial charge in [-0.05, 0) is 24.1 Å². The number of oxime groups is 1. The molecule has 34 heavy (non-hydrogen) atoms. The molecule has 10 heteroatoms. The van der Waals surface area contributed by atoms with Gasteiger partial charge in [0.2, 0.25) is 12.7 Å². The van der Waals surface area contributed by atoms with Crippen LogP contribution in [-0.4, -0.2) is 91.6 Å². The van der Waals surface area contributed by atoms with E-state index < -0.39 is 6.04 Å². The van der Waals surface area contributed by atoms with Crippen LogP contribution in [0, 0.1) is 0 Å². The zero-order valence-electron chi connectivity index (χ0n) is 20.1. The molecule has 1 atom stereocenters. The third kappa shape index (κ3) is 5.72. The topological polar surface area (TPSA) is 95.9 Å². The summed E-state index contributed by atoms with van der Waals surface area (Å²) in [5, 5.41) is 6.98. The van der Waals surface area contributed by atoms with Gasteiger partial charge in [-0.15, -0.1) is 0 Å². The highest BCUT2D eigenvalue weighted by Gasteiger charge is 2.40. The Morgan fingerprint density at radius 2 is 1.94 bits per heavy atom. The summed E-state index contributed by atoms with van der Waals surface area (Å²) in [4.78, 5) is 36.9. The fourth-order valence-electron chi connectivity index (χ4n) is 4.64. The van der Waals surface area contributed by atoms with Crippen LogP contribution in [0.25, 0.3) is 0 Å². The summed E-state index contributed by atoms with van der Waals surface area (Å²) < 4.78 is 10.9. The van der Waals surface area contributed by atoms with Crippen LogP contribution in [0.2, 0.25) is 0 Å². The molecular formula is C24H35N5O5. The van der Waals surface area contributed by atoms with Crippen LogP contribution >= 0.6 is 0 Å². The van der Waals surface area contributed by atoms with E-state index in [1.807, 2.05) is 17.0 Å². The van der Waals surface area contributed by atoms with E-state index in [2.05, 4.69) is 28.4 Å². The molecule has 0 radical (unpaired) electrons. The highest BCUT2D eigenvalue weighted by Crippen LogP contribution is 2.33. The zero-order chi connectivity index (χ0) is 23.9. The predicted octanol–water partition coefficient (Wildman–Crippen LogP) is 2.04. The van der Waals surface area contributed by atoms with Crippen molar-refractivity contribution in [2.45, 2.75) is 45.2 Å². The van der Waals surface area contributed by atoms with Gasteiger partial charge in [0.15, 0.2) is 11.5 Å². The summed E-state index contributed by atoms with van der Waals surface area (Å²) in [6, 6.07) is 5.26. The number of nitrogens with zero attached hydrogens (tertiary/aromatic N) is 4. The summed E-state index contributed by atoms with van der Waals surface area (Å²) in [5.74, 6) is 1.55. The number of likely N-dealkylation sites (tertiary alicyclic amines) is 1. The van der Waals surface area contributed by atoms with Crippen molar-refractivity contribution < 1.29 is 23.9 Å². The molecule has 3 amide bonds. The fourth-order valence-corrected chi connectivity index (χ4v) is 4.64. The van der Waals surface area contributed by atoms with Gasteiger partial charge >= 0.3 is 6.03 Å². The second-order valence-corrected chi connectivity index (χ2v) is 8.92. The largest absolute Gasteiger partial charge is 0.454 e. The maximum Gasteiger partial charge on any atom is 0.318 e. The maximum atomic E-state index is 13.4. The van der Waals surface area contributed by atoms with Crippen LogP contribution in [-0.2, 0) is 16.2 Å². The molecule has 3 heterocycles. The Morgan fingerprint density at radius 1 is 1.15 bits per heavy atom. The number of amides is 3. The van der Waals surface area contributed by atoms with Gasteiger partial charge in [-0.1, -0.05) is 31.0 Å². The third-order valence-corrected chi connectivity index (χ3v) is 6.51. The number of benzene rings is 1. The van der Waals surface area contributed by atoms with E-state index in [1.54, 1.807) is 4.90 Å².